The van der Waals surface area contributed by atoms with Crippen LogP contribution >= 0.6 is 0 Å². The van der Waals surface area contributed by atoms with E-state index in [2.05, 4.69) is 47.7 Å². The van der Waals surface area contributed by atoms with Gasteiger partial charge in [-0.3, -0.25) is 9.69 Å². The standard InChI is InChI=1S/C32H43F3N4O2/c1-23-24(2)30(41-21-5-14-37-17-15-36(3)16-18-37)13-12-28(23)29-7-4-6-27-22-38(19-20-39(27)29)31(40)25-8-10-26(11-9-25)32(33,34)35/h8-13,27,29H,4-7,14-22H2,1-3H3. The number of rotatable bonds is 7. The van der Waals surface area contributed by atoms with Gasteiger partial charge >= 0.3 is 6.18 Å². The SMILES string of the molecule is Cc1c(OCCCN2CCN(C)CC2)ccc(C2CCCC3CN(C(=O)c4ccc(C(F)(F)F)cc4)CCN32)c1C. The number of likely N-dealkylation sites (N-methyl/N-ethyl adjacent to an activating group) is 1. The fraction of sp³-hybridized carbons (Fsp3) is 0.594. The van der Waals surface area contributed by atoms with E-state index in [9.17, 15) is 18.0 Å². The minimum atomic E-state index is -4.41. The highest BCUT2D eigenvalue weighted by molar-refractivity contribution is 5.94. The lowest BCUT2D eigenvalue weighted by atomic mass is 9.86. The van der Waals surface area contributed by atoms with Crippen LogP contribution < -0.4 is 4.74 Å². The number of nitrogens with zero attached hydrogens (tertiary/aromatic N) is 4. The minimum absolute atomic E-state index is 0.193. The molecule has 1 amide bonds. The molecule has 3 heterocycles. The molecule has 0 saturated carbocycles. The van der Waals surface area contributed by atoms with Crippen molar-refractivity contribution in [2.24, 2.45) is 0 Å². The molecule has 3 aliphatic heterocycles. The zero-order valence-electron chi connectivity index (χ0n) is 24.6. The number of fused-ring (bicyclic) bond motifs is 1. The van der Waals surface area contributed by atoms with Crippen LogP contribution in [-0.2, 0) is 6.18 Å². The van der Waals surface area contributed by atoms with E-state index >= 15 is 0 Å². The average Bonchev–Trinajstić information content (AvgIpc) is 2.97. The maximum absolute atomic E-state index is 13.1. The minimum Gasteiger partial charge on any atom is -0.493 e. The lowest BCUT2D eigenvalue weighted by Crippen LogP contribution is -2.57. The summed E-state index contributed by atoms with van der Waals surface area (Å²) >= 11 is 0. The molecule has 0 radical (unpaired) electrons. The number of carbonyl (C=O) groups is 1. The van der Waals surface area contributed by atoms with Gasteiger partial charge in [-0.15, -0.1) is 0 Å². The van der Waals surface area contributed by atoms with Gasteiger partial charge in [-0.25, -0.2) is 0 Å². The van der Waals surface area contributed by atoms with Crippen LogP contribution in [0.25, 0.3) is 0 Å². The maximum atomic E-state index is 13.1. The molecule has 2 unspecified atom stereocenters. The highest BCUT2D eigenvalue weighted by Crippen LogP contribution is 2.40. The molecular formula is C32H43F3N4O2. The number of halogens is 3. The number of piperazine rings is 2. The molecule has 0 aromatic heterocycles. The zero-order valence-corrected chi connectivity index (χ0v) is 24.6. The van der Waals surface area contributed by atoms with E-state index in [-0.39, 0.29) is 11.9 Å². The van der Waals surface area contributed by atoms with E-state index in [1.54, 1.807) is 0 Å². The molecule has 41 heavy (non-hydrogen) atoms. The Morgan fingerprint density at radius 1 is 0.927 bits per heavy atom. The van der Waals surface area contributed by atoms with Crippen LogP contribution in [0.1, 0.15) is 64.3 Å². The van der Waals surface area contributed by atoms with Gasteiger partial charge in [0.05, 0.1) is 12.2 Å². The third-order valence-electron chi connectivity index (χ3n) is 9.30. The monoisotopic (exact) mass is 572 g/mol. The highest BCUT2D eigenvalue weighted by Gasteiger charge is 2.38. The van der Waals surface area contributed by atoms with Gasteiger partial charge in [0.15, 0.2) is 0 Å². The van der Waals surface area contributed by atoms with Crippen molar-refractivity contribution >= 4 is 5.91 Å². The van der Waals surface area contributed by atoms with Crippen LogP contribution in [0.15, 0.2) is 36.4 Å². The Balaban J connectivity index is 1.18. The third-order valence-corrected chi connectivity index (χ3v) is 9.30. The van der Waals surface area contributed by atoms with Crippen molar-refractivity contribution in [3.8, 4) is 5.75 Å². The molecule has 2 aromatic carbocycles. The predicted octanol–water partition coefficient (Wildman–Crippen LogP) is 5.39. The largest absolute Gasteiger partial charge is 0.493 e. The average molecular weight is 573 g/mol. The third kappa shape index (κ3) is 6.89. The van der Waals surface area contributed by atoms with Crippen molar-refractivity contribution in [3.05, 3.63) is 64.2 Å². The summed E-state index contributed by atoms with van der Waals surface area (Å²) in [5.41, 5.74) is 3.38. The second kappa shape index (κ2) is 12.7. The number of piperidine rings is 1. The first-order chi connectivity index (χ1) is 19.6. The number of carbonyl (C=O) groups excluding carboxylic acids is 1. The van der Waals surface area contributed by atoms with Gasteiger partial charge in [0, 0.05) is 70.0 Å². The fourth-order valence-electron chi connectivity index (χ4n) is 6.63. The van der Waals surface area contributed by atoms with E-state index in [4.69, 9.17) is 4.74 Å². The lowest BCUT2D eigenvalue weighted by molar-refractivity contribution is -0.137. The normalized spacial score (nSPS) is 22.9. The van der Waals surface area contributed by atoms with E-state index < -0.39 is 11.7 Å². The van der Waals surface area contributed by atoms with E-state index in [0.717, 1.165) is 82.8 Å². The smallest absolute Gasteiger partial charge is 0.416 e. The van der Waals surface area contributed by atoms with E-state index in [1.165, 1.54) is 28.8 Å². The van der Waals surface area contributed by atoms with Crippen LogP contribution in [0, 0.1) is 13.8 Å². The van der Waals surface area contributed by atoms with Gasteiger partial charge in [-0.05, 0) is 93.6 Å². The van der Waals surface area contributed by atoms with Crippen LogP contribution in [0.5, 0.6) is 5.75 Å². The summed E-state index contributed by atoms with van der Waals surface area (Å²) in [5, 5.41) is 0. The number of amides is 1. The van der Waals surface area contributed by atoms with E-state index in [0.29, 0.717) is 31.3 Å². The first kappa shape index (κ1) is 29.9. The van der Waals surface area contributed by atoms with Crippen molar-refractivity contribution < 1.29 is 22.7 Å². The van der Waals surface area contributed by atoms with Gasteiger partial charge in [0.2, 0.25) is 0 Å². The number of hydrogen-bond acceptors (Lipinski definition) is 5. The Kier molecular flexibility index (Phi) is 9.26. The predicted molar refractivity (Wildman–Crippen MR) is 154 cm³/mol. The Morgan fingerprint density at radius 2 is 1.66 bits per heavy atom. The van der Waals surface area contributed by atoms with E-state index in [1.807, 2.05) is 4.90 Å². The van der Waals surface area contributed by atoms with Gasteiger partial charge in [-0.2, -0.15) is 13.2 Å². The Hall–Kier alpha value is -2.62. The summed E-state index contributed by atoms with van der Waals surface area (Å²) in [6.45, 7) is 12.6. The zero-order chi connectivity index (χ0) is 29.1. The van der Waals surface area contributed by atoms with Crippen molar-refractivity contribution in [2.75, 3.05) is 66.0 Å². The Morgan fingerprint density at radius 3 is 2.37 bits per heavy atom. The molecule has 6 nitrogen and oxygen atoms in total. The quantitative estimate of drug-likeness (QED) is 0.416. The summed E-state index contributed by atoms with van der Waals surface area (Å²) in [4.78, 5) is 22.4. The van der Waals surface area contributed by atoms with Crippen molar-refractivity contribution in [3.63, 3.8) is 0 Å². The molecule has 0 aliphatic carbocycles. The van der Waals surface area contributed by atoms with Crippen molar-refractivity contribution in [1.82, 2.24) is 19.6 Å². The first-order valence-corrected chi connectivity index (χ1v) is 15.0. The number of hydrogen-bond donors (Lipinski definition) is 0. The molecule has 2 aromatic rings. The molecule has 3 fully saturated rings. The van der Waals surface area contributed by atoms with Crippen molar-refractivity contribution in [2.45, 2.75) is 57.8 Å². The molecule has 2 atom stereocenters. The van der Waals surface area contributed by atoms with Crippen LogP contribution in [-0.4, -0.2) is 97.6 Å². The highest BCUT2D eigenvalue weighted by atomic mass is 19.4. The summed E-state index contributed by atoms with van der Waals surface area (Å²) < 4.78 is 45.1. The molecule has 9 heteroatoms. The Labute approximate surface area is 242 Å². The second-order valence-corrected chi connectivity index (χ2v) is 11.9. The summed E-state index contributed by atoms with van der Waals surface area (Å²) in [6, 6.07) is 9.46. The number of alkyl halides is 3. The van der Waals surface area contributed by atoms with Gasteiger partial charge in [0.25, 0.3) is 5.91 Å². The molecule has 0 spiro atoms. The topological polar surface area (TPSA) is 39.3 Å². The lowest BCUT2D eigenvalue weighted by Gasteiger charge is -2.49. The maximum Gasteiger partial charge on any atom is 0.416 e. The van der Waals surface area contributed by atoms with Crippen LogP contribution in [0.3, 0.4) is 0 Å². The summed E-state index contributed by atoms with van der Waals surface area (Å²) in [7, 11) is 2.18. The molecule has 3 aliphatic rings. The molecular weight excluding hydrogens is 529 g/mol. The van der Waals surface area contributed by atoms with Gasteiger partial charge in [-0.1, -0.05) is 6.07 Å². The van der Waals surface area contributed by atoms with Gasteiger partial charge < -0.3 is 19.4 Å². The summed E-state index contributed by atoms with van der Waals surface area (Å²) in [6.07, 6.45) is -0.217. The van der Waals surface area contributed by atoms with Gasteiger partial charge in [0.1, 0.15) is 5.75 Å². The number of ether oxygens (including phenoxy) is 1. The molecule has 0 bridgehead atoms. The fourth-order valence-corrected chi connectivity index (χ4v) is 6.63. The Bertz CT molecular complexity index is 1190. The van der Waals surface area contributed by atoms with Crippen molar-refractivity contribution in [1.29, 1.82) is 0 Å². The molecule has 3 saturated heterocycles. The summed E-state index contributed by atoms with van der Waals surface area (Å²) in [5.74, 6) is 0.769. The van der Waals surface area contributed by atoms with Crippen LogP contribution in [0.4, 0.5) is 13.2 Å². The molecule has 0 N–H and O–H groups in total. The number of benzene rings is 2. The first-order valence-electron chi connectivity index (χ1n) is 15.0. The van der Waals surface area contributed by atoms with Crippen LogP contribution in [0.2, 0.25) is 0 Å². The molecule has 5 rings (SSSR count). The second-order valence-electron chi connectivity index (χ2n) is 11.9. The molecule has 224 valence electrons.